The molecule has 0 saturated carbocycles. The molecule has 1 aliphatic rings. The number of likely N-dealkylation sites (tertiary alicyclic amines) is 1. The van der Waals surface area contributed by atoms with E-state index < -0.39 is 0 Å². The first-order valence-electron chi connectivity index (χ1n) is 9.67. The molecule has 1 saturated heterocycles. The number of carbonyl (C=O) groups excluding carboxylic acids is 1. The fourth-order valence-electron chi connectivity index (χ4n) is 3.58. The maximum absolute atomic E-state index is 12.9. The highest BCUT2D eigenvalue weighted by Gasteiger charge is 2.26. The molecule has 3 aromatic rings. The van der Waals surface area contributed by atoms with Crippen molar-refractivity contribution < 1.29 is 4.79 Å². The van der Waals surface area contributed by atoms with E-state index in [4.69, 9.17) is 5.26 Å². The Morgan fingerprint density at radius 2 is 1.90 bits per heavy atom. The number of hydrogen-bond donors (Lipinski definition) is 1. The van der Waals surface area contributed by atoms with Crippen molar-refractivity contribution in [1.29, 1.82) is 5.26 Å². The lowest BCUT2D eigenvalue weighted by molar-refractivity contribution is 0.0706. The minimum Gasteiger partial charge on any atom is -0.338 e. The van der Waals surface area contributed by atoms with Gasteiger partial charge >= 0.3 is 0 Å². The Labute approximate surface area is 169 Å². The van der Waals surface area contributed by atoms with E-state index in [1.54, 1.807) is 30.5 Å². The fraction of sp³-hybridized carbons (Fsp3) is 0.217. The predicted molar refractivity (Wildman–Crippen MR) is 111 cm³/mol. The Hall–Kier alpha value is -3.72. The van der Waals surface area contributed by atoms with Gasteiger partial charge < -0.3 is 10.2 Å². The number of nitrogens with one attached hydrogen (secondary N) is 1. The zero-order valence-electron chi connectivity index (χ0n) is 16.0. The van der Waals surface area contributed by atoms with E-state index >= 15 is 0 Å². The largest absolute Gasteiger partial charge is 0.338 e. The Balaban J connectivity index is 1.47. The molecule has 6 heteroatoms. The monoisotopic (exact) mass is 383 g/mol. The summed E-state index contributed by atoms with van der Waals surface area (Å²) in [6.45, 7) is 1.36. The first-order valence-corrected chi connectivity index (χ1v) is 9.67. The lowest BCUT2D eigenvalue weighted by Crippen LogP contribution is -2.39. The molecule has 0 aliphatic carbocycles. The average Bonchev–Trinajstić information content (AvgIpc) is 2.79. The number of nitriles is 1. The average molecular weight is 383 g/mol. The number of hydrogen-bond acceptors (Lipinski definition) is 5. The topological polar surface area (TPSA) is 81.9 Å². The number of amides is 1. The summed E-state index contributed by atoms with van der Waals surface area (Å²) >= 11 is 0. The second-order valence-electron chi connectivity index (χ2n) is 7.08. The third kappa shape index (κ3) is 4.41. The summed E-state index contributed by atoms with van der Waals surface area (Å²) in [6.07, 6.45) is 3.67. The van der Waals surface area contributed by atoms with Gasteiger partial charge in [0.05, 0.1) is 17.3 Å². The highest BCUT2D eigenvalue weighted by atomic mass is 16.2. The maximum atomic E-state index is 12.9. The Bertz CT molecular complexity index is 1030. The van der Waals surface area contributed by atoms with Crippen molar-refractivity contribution in [2.24, 2.45) is 0 Å². The number of piperidine rings is 1. The molecule has 6 nitrogen and oxygen atoms in total. The van der Waals surface area contributed by atoms with Gasteiger partial charge in [0.1, 0.15) is 0 Å². The summed E-state index contributed by atoms with van der Waals surface area (Å²) in [5, 5.41) is 12.2. The number of para-hydroxylation sites is 1. The molecule has 1 aliphatic heterocycles. The maximum Gasteiger partial charge on any atom is 0.253 e. The smallest absolute Gasteiger partial charge is 0.253 e. The molecule has 0 unspecified atom stereocenters. The third-order valence-electron chi connectivity index (χ3n) is 5.09. The van der Waals surface area contributed by atoms with Crippen LogP contribution >= 0.6 is 0 Å². The van der Waals surface area contributed by atoms with Crippen molar-refractivity contribution in [1.82, 2.24) is 14.9 Å². The molecule has 1 N–H and O–H groups in total. The minimum atomic E-state index is -0.00381. The molecule has 1 fully saturated rings. The normalized spacial score (nSPS) is 16.1. The summed E-state index contributed by atoms with van der Waals surface area (Å²) in [4.78, 5) is 23.8. The molecule has 4 rings (SSSR count). The van der Waals surface area contributed by atoms with Crippen molar-refractivity contribution >= 4 is 17.5 Å². The molecule has 1 amide bonds. The van der Waals surface area contributed by atoms with Gasteiger partial charge in [-0.3, -0.25) is 4.79 Å². The van der Waals surface area contributed by atoms with Gasteiger partial charge in [-0.2, -0.15) is 5.26 Å². The van der Waals surface area contributed by atoms with E-state index in [9.17, 15) is 4.79 Å². The Kier molecular flexibility index (Phi) is 5.48. The predicted octanol–water partition coefficient (Wildman–Crippen LogP) is 4.11. The van der Waals surface area contributed by atoms with Gasteiger partial charge in [0.25, 0.3) is 5.91 Å². The molecule has 1 atom stereocenters. The van der Waals surface area contributed by atoms with E-state index in [1.807, 2.05) is 41.3 Å². The van der Waals surface area contributed by atoms with Gasteiger partial charge in [0, 0.05) is 36.5 Å². The first-order chi connectivity index (χ1) is 14.2. The fourth-order valence-corrected chi connectivity index (χ4v) is 3.58. The molecule has 1 aromatic heterocycles. The Morgan fingerprint density at radius 3 is 2.66 bits per heavy atom. The highest BCUT2D eigenvalue weighted by Crippen LogP contribution is 2.27. The third-order valence-corrected chi connectivity index (χ3v) is 5.09. The highest BCUT2D eigenvalue weighted by molar-refractivity contribution is 5.94. The zero-order valence-corrected chi connectivity index (χ0v) is 16.0. The van der Waals surface area contributed by atoms with Crippen LogP contribution in [-0.4, -0.2) is 33.9 Å². The molecule has 144 valence electrons. The number of rotatable bonds is 4. The molecule has 0 spiro atoms. The second-order valence-corrected chi connectivity index (χ2v) is 7.08. The van der Waals surface area contributed by atoms with Crippen LogP contribution in [-0.2, 0) is 0 Å². The van der Waals surface area contributed by atoms with Crippen molar-refractivity contribution in [2.75, 3.05) is 18.4 Å². The van der Waals surface area contributed by atoms with Crippen molar-refractivity contribution in [3.8, 4) is 6.07 Å². The van der Waals surface area contributed by atoms with Crippen LogP contribution in [0, 0.1) is 11.3 Å². The zero-order chi connectivity index (χ0) is 20.1. The van der Waals surface area contributed by atoms with Crippen LogP contribution in [0.1, 0.15) is 40.4 Å². The number of benzene rings is 2. The van der Waals surface area contributed by atoms with Gasteiger partial charge in [-0.25, -0.2) is 9.97 Å². The van der Waals surface area contributed by atoms with E-state index in [0.29, 0.717) is 23.6 Å². The Morgan fingerprint density at radius 1 is 1.10 bits per heavy atom. The van der Waals surface area contributed by atoms with Crippen molar-refractivity contribution in [3.63, 3.8) is 0 Å². The summed E-state index contributed by atoms with van der Waals surface area (Å²) in [5.74, 6) is 0.727. The summed E-state index contributed by atoms with van der Waals surface area (Å²) < 4.78 is 0. The van der Waals surface area contributed by atoms with Crippen molar-refractivity contribution in [2.45, 2.75) is 18.8 Å². The number of carbonyl (C=O) groups is 1. The van der Waals surface area contributed by atoms with Crippen LogP contribution in [0.5, 0.6) is 0 Å². The van der Waals surface area contributed by atoms with Gasteiger partial charge in [-0.05, 0) is 55.3 Å². The van der Waals surface area contributed by atoms with Crippen LogP contribution < -0.4 is 5.32 Å². The summed E-state index contributed by atoms with van der Waals surface area (Å²) in [7, 11) is 0. The summed E-state index contributed by atoms with van der Waals surface area (Å²) in [6, 6.07) is 20.6. The van der Waals surface area contributed by atoms with Crippen LogP contribution in [0.25, 0.3) is 0 Å². The first kappa shape index (κ1) is 18.6. The van der Waals surface area contributed by atoms with Crippen LogP contribution in [0.4, 0.5) is 11.6 Å². The second kappa shape index (κ2) is 8.53. The van der Waals surface area contributed by atoms with Crippen LogP contribution in [0.3, 0.4) is 0 Å². The number of anilines is 2. The van der Waals surface area contributed by atoms with Crippen molar-refractivity contribution in [3.05, 3.63) is 83.7 Å². The van der Waals surface area contributed by atoms with E-state index in [0.717, 1.165) is 30.8 Å². The quantitative estimate of drug-likeness (QED) is 0.733. The SMILES string of the molecule is N#Cc1ccc(C(=O)N2CCC[C@H](c3ccnc(Nc4ccccc4)n3)C2)cc1. The van der Waals surface area contributed by atoms with Crippen LogP contribution in [0.2, 0.25) is 0 Å². The van der Waals surface area contributed by atoms with E-state index in [-0.39, 0.29) is 11.8 Å². The molecule has 2 heterocycles. The molecule has 0 bridgehead atoms. The van der Waals surface area contributed by atoms with Crippen LogP contribution in [0.15, 0.2) is 66.9 Å². The molecular weight excluding hydrogens is 362 g/mol. The van der Waals surface area contributed by atoms with E-state index in [1.165, 1.54) is 0 Å². The van der Waals surface area contributed by atoms with Gasteiger partial charge in [-0.1, -0.05) is 18.2 Å². The van der Waals surface area contributed by atoms with Gasteiger partial charge in [0.15, 0.2) is 0 Å². The lowest BCUT2D eigenvalue weighted by Gasteiger charge is -2.32. The standard InChI is InChI=1S/C23H21N5O/c24-15-17-8-10-18(11-9-17)22(29)28-14-4-5-19(16-28)21-12-13-25-23(27-21)26-20-6-2-1-3-7-20/h1-3,6-13,19H,4-5,14,16H2,(H,25,26,27)/t19-/m0/s1. The minimum absolute atomic E-state index is 0.00381. The molecule has 2 aromatic carbocycles. The van der Waals surface area contributed by atoms with Gasteiger partial charge in [0.2, 0.25) is 5.95 Å². The number of aromatic nitrogens is 2. The molecule has 29 heavy (non-hydrogen) atoms. The van der Waals surface area contributed by atoms with E-state index in [2.05, 4.69) is 21.4 Å². The summed E-state index contributed by atoms with van der Waals surface area (Å²) in [5.41, 5.74) is 3.04. The van der Waals surface area contributed by atoms with Gasteiger partial charge in [-0.15, -0.1) is 0 Å². The number of nitrogens with zero attached hydrogens (tertiary/aromatic N) is 4. The lowest BCUT2D eigenvalue weighted by atomic mass is 9.94. The molecular formula is C23H21N5O. The molecule has 0 radical (unpaired) electrons.